The monoisotopic (exact) mass is 284 g/mol. The molecule has 2 N–H and O–H groups in total. The van der Waals surface area contributed by atoms with Crippen LogP contribution in [-0.4, -0.2) is 27.7 Å². The Morgan fingerprint density at radius 2 is 2.28 bits per heavy atom. The van der Waals surface area contributed by atoms with Gasteiger partial charge in [0.15, 0.2) is 0 Å². The molecular formula is C11H13ClN4OS. The third-order valence-corrected chi connectivity index (χ3v) is 3.28. The third-order valence-electron chi connectivity index (χ3n) is 2.42. The molecule has 0 atom stereocenters. The summed E-state index contributed by atoms with van der Waals surface area (Å²) in [6.45, 7) is 3.49. The van der Waals surface area contributed by atoms with E-state index in [-0.39, 0.29) is 5.91 Å². The Hall–Kier alpha value is -1.24. The first-order valence-electron chi connectivity index (χ1n) is 5.63. The molecule has 1 amide bonds. The summed E-state index contributed by atoms with van der Waals surface area (Å²) in [6.07, 6.45) is 0.401. The molecule has 0 aliphatic heterocycles. The predicted molar refractivity (Wildman–Crippen MR) is 74.2 cm³/mol. The molecule has 1 heterocycles. The van der Waals surface area contributed by atoms with E-state index in [0.29, 0.717) is 29.2 Å². The second-order valence-electron chi connectivity index (χ2n) is 3.71. The Morgan fingerprint density at radius 1 is 1.44 bits per heavy atom. The normalized spacial score (nSPS) is 10.8. The maximum absolute atomic E-state index is 11.8. The van der Waals surface area contributed by atoms with Gasteiger partial charge >= 0.3 is 0 Å². The molecule has 1 aromatic heterocycles. The molecular weight excluding hydrogens is 272 g/mol. The van der Waals surface area contributed by atoms with Gasteiger partial charge in [-0.3, -0.25) is 4.79 Å². The molecule has 2 aromatic rings. The third kappa shape index (κ3) is 2.95. The van der Waals surface area contributed by atoms with Crippen molar-refractivity contribution in [3.05, 3.63) is 17.2 Å². The first-order valence-corrected chi connectivity index (χ1v) is 6.74. The van der Waals surface area contributed by atoms with Crippen LogP contribution in [0.25, 0.3) is 11.0 Å². The second-order valence-corrected chi connectivity index (χ2v) is 4.64. The van der Waals surface area contributed by atoms with E-state index in [0.717, 1.165) is 23.8 Å². The summed E-state index contributed by atoms with van der Waals surface area (Å²) < 4.78 is 8.26. The summed E-state index contributed by atoms with van der Waals surface area (Å²) in [5.41, 5.74) is 1.93. The van der Waals surface area contributed by atoms with Crippen LogP contribution in [0.4, 0.5) is 5.69 Å². The largest absolute Gasteiger partial charge is 0.323 e. The van der Waals surface area contributed by atoms with Crippen LogP contribution in [0.2, 0.25) is 5.02 Å². The van der Waals surface area contributed by atoms with E-state index >= 15 is 0 Å². The molecule has 2 rings (SSSR count). The minimum absolute atomic E-state index is 0.0849. The summed E-state index contributed by atoms with van der Waals surface area (Å²) in [6, 6.07) is 3.50. The maximum atomic E-state index is 11.8. The van der Waals surface area contributed by atoms with Crippen LogP contribution >= 0.6 is 23.3 Å². The molecule has 0 unspecified atom stereocenters. The van der Waals surface area contributed by atoms with Crippen molar-refractivity contribution in [1.82, 2.24) is 14.1 Å². The summed E-state index contributed by atoms with van der Waals surface area (Å²) in [4.78, 5) is 11.8. The van der Waals surface area contributed by atoms with Gasteiger partial charge in [-0.05, 0) is 18.7 Å². The molecule has 18 heavy (non-hydrogen) atoms. The van der Waals surface area contributed by atoms with Gasteiger partial charge in [-0.15, -0.1) is 0 Å². The number of amides is 1. The molecule has 0 saturated carbocycles. The number of nitrogens with zero attached hydrogens (tertiary/aromatic N) is 2. The molecule has 0 fully saturated rings. The molecule has 96 valence electrons. The number of rotatable bonds is 5. The van der Waals surface area contributed by atoms with Crippen LogP contribution in [-0.2, 0) is 4.79 Å². The fraction of sp³-hybridized carbons (Fsp3) is 0.364. The Balaban J connectivity index is 2.13. The quantitative estimate of drug-likeness (QED) is 0.827. The minimum atomic E-state index is -0.0849. The van der Waals surface area contributed by atoms with Crippen LogP contribution in [0, 0.1) is 0 Å². The van der Waals surface area contributed by atoms with E-state index < -0.39 is 0 Å². The number of fused-ring (bicyclic) bond motifs is 1. The molecule has 0 spiro atoms. The molecule has 0 bridgehead atoms. The van der Waals surface area contributed by atoms with Crippen LogP contribution in [0.1, 0.15) is 13.3 Å². The topological polar surface area (TPSA) is 66.9 Å². The van der Waals surface area contributed by atoms with Crippen LogP contribution < -0.4 is 10.6 Å². The van der Waals surface area contributed by atoms with Gasteiger partial charge in [0.25, 0.3) is 0 Å². The number of hydrogen-bond donors (Lipinski definition) is 2. The number of nitrogens with one attached hydrogen (secondary N) is 2. The summed E-state index contributed by atoms with van der Waals surface area (Å²) in [5.74, 6) is -0.0849. The first kappa shape index (κ1) is 13.2. The van der Waals surface area contributed by atoms with Gasteiger partial charge in [-0.25, -0.2) is 0 Å². The highest BCUT2D eigenvalue weighted by Gasteiger charge is 2.12. The number of benzene rings is 1. The van der Waals surface area contributed by atoms with Crippen molar-refractivity contribution in [1.29, 1.82) is 0 Å². The molecule has 0 aliphatic rings. The van der Waals surface area contributed by atoms with Gasteiger partial charge in [-0.1, -0.05) is 18.5 Å². The summed E-state index contributed by atoms with van der Waals surface area (Å²) in [5, 5.41) is 6.36. The molecule has 0 aliphatic carbocycles. The number of hydrogen-bond acceptors (Lipinski definition) is 5. The van der Waals surface area contributed by atoms with Crippen LogP contribution in [0.3, 0.4) is 0 Å². The van der Waals surface area contributed by atoms with Crippen molar-refractivity contribution in [2.75, 3.05) is 18.4 Å². The lowest BCUT2D eigenvalue weighted by Gasteiger charge is -2.07. The Morgan fingerprint density at radius 3 is 3.06 bits per heavy atom. The molecule has 0 radical (unpaired) electrons. The number of carbonyl (C=O) groups excluding carboxylic acids is 1. The molecule has 7 heteroatoms. The van der Waals surface area contributed by atoms with E-state index in [4.69, 9.17) is 11.6 Å². The summed E-state index contributed by atoms with van der Waals surface area (Å²) in [7, 11) is 0. The zero-order chi connectivity index (χ0) is 13.0. The Bertz CT molecular complexity index is 557. The van der Waals surface area contributed by atoms with Gasteiger partial charge in [0.1, 0.15) is 11.0 Å². The average Bonchev–Trinajstić information content (AvgIpc) is 2.82. The minimum Gasteiger partial charge on any atom is -0.323 e. The van der Waals surface area contributed by atoms with E-state index in [1.54, 1.807) is 12.1 Å². The van der Waals surface area contributed by atoms with Gasteiger partial charge in [0.2, 0.25) is 5.91 Å². The zero-order valence-corrected chi connectivity index (χ0v) is 11.4. The number of halogens is 1. The van der Waals surface area contributed by atoms with Crippen molar-refractivity contribution < 1.29 is 4.79 Å². The second kappa shape index (κ2) is 6.08. The Labute approximate surface area is 114 Å². The molecule has 1 aromatic carbocycles. The summed E-state index contributed by atoms with van der Waals surface area (Å²) >= 11 is 7.17. The lowest BCUT2D eigenvalue weighted by Crippen LogP contribution is -2.21. The maximum Gasteiger partial charge on any atom is 0.225 e. The van der Waals surface area contributed by atoms with Gasteiger partial charge < -0.3 is 10.6 Å². The highest BCUT2D eigenvalue weighted by Crippen LogP contribution is 2.29. The Kier molecular flexibility index (Phi) is 4.46. The number of aromatic nitrogens is 2. The predicted octanol–water partition coefficient (Wildman–Crippen LogP) is 2.28. The lowest BCUT2D eigenvalue weighted by molar-refractivity contribution is -0.116. The van der Waals surface area contributed by atoms with Gasteiger partial charge in [0, 0.05) is 13.0 Å². The highest BCUT2D eigenvalue weighted by atomic mass is 35.5. The number of carbonyl (C=O) groups is 1. The SMILES string of the molecule is CCNCCC(=O)Nc1c(Cl)ccc2nsnc12. The highest BCUT2D eigenvalue weighted by molar-refractivity contribution is 7.00. The van der Waals surface area contributed by atoms with Crippen molar-refractivity contribution in [2.24, 2.45) is 0 Å². The molecule has 5 nitrogen and oxygen atoms in total. The lowest BCUT2D eigenvalue weighted by atomic mass is 10.2. The van der Waals surface area contributed by atoms with E-state index in [2.05, 4.69) is 19.4 Å². The first-order chi connectivity index (χ1) is 8.72. The van der Waals surface area contributed by atoms with Crippen molar-refractivity contribution in [3.8, 4) is 0 Å². The standard InChI is InChI=1S/C11H13ClN4OS/c1-2-13-6-5-9(17)14-10-7(12)3-4-8-11(10)16-18-15-8/h3-4,13H,2,5-6H2,1H3,(H,14,17). The molecule has 0 saturated heterocycles. The van der Waals surface area contributed by atoms with E-state index in [9.17, 15) is 4.79 Å². The zero-order valence-electron chi connectivity index (χ0n) is 9.86. The van der Waals surface area contributed by atoms with Crippen LogP contribution in [0.15, 0.2) is 12.1 Å². The van der Waals surface area contributed by atoms with E-state index in [1.165, 1.54) is 0 Å². The average molecular weight is 285 g/mol. The van der Waals surface area contributed by atoms with Crippen molar-refractivity contribution in [2.45, 2.75) is 13.3 Å². The fourth-order valence-corrected chi connectivity index (χ4v) is 2.27. The van der Waals surface area contributed by atoms with Gasteiger partial charge in [-0.2, -0.15) is 8.75 Å². The van der Waals surface area contributed by atoms with Crippen LogP contribution in [0.5, 0.6) is 0 Å². The van der Waals surface area contributed by atoms with Crippen molar-refractivity contribution in [3.63, 3.8) is 0 Å². The fourth-order valence-electron chi connectivity index (χ4n) is 1.53. The van der Waals surface area contributed by atoms with Gasteiger partial charge in [0.05, 0.1) is 22.4 Å². The number of anilines is 1. The smallest absolute Gasteiger partial charge is 0.225 e. The van der Waals surface area contributed by atoms with Crippen molar-refractivity contribution >= 4 is 46.0 Å². The van der Waals surface area contributed by atoms with E-state index in [1.807, 2.05) is 6.92 Å².